The summed E-state index contributed by atoms with van der Waals surface area (Å²) in [6, 6.07) is 18.4. The van der Waals surface area contributed by atoms with Gasteiger partial charge in [-0.2, -0.15) is 0 Å². The Morgan fingerprint density at radius 2 is 1.47 bits per heavy atom. The molecule has 3 rings (SSSR count). The molecule has 1 aromatic heterocycles. The molecule has 2 aromatic carbocycles. The van der Waals surface area contributed by atoms with E-state index in [1.807, 2.05) is 38.1 Å². The lowest BCUT2D eigenvalue weighted by Crippen LogP contribution is -2.12. The lowest BCUT2D eigenvalue weighted by Gasteiger charge is -2.22. The molecule has 30 heavy (non-hydrogen) atoms. The van der Waals surface area contributed by atoms with Crippen LogP contribution in [0, 0.1) is 5.92 Å². The zero-order valence-corrected chi connectivity index (χ0v) is 22.1. The Morgan fingerprint density at radius 3 is 1.97 bits per heavy atom. The first-order valence-corrected chi connectivity index (χ1v) is 12.3. The molecule has 164 valence electrons. The summed E-state index contributed by atoms with van der Waals surface area (Å²) in [5, 5.41) is 1.28. The van der Waals surface area contributed by atoms with E-state index in [2.05, 4.69) is 65.0 Å². The summed E-state index contributed by atoms with van der Waals surface area (Å²) < 4.78 is 0.846. The predicted molar refractivity (Wildman–Crippen MR) is 140 cm³/mol. The van der Waals surface area contributed by atoms with Crippen LogP contribution in [-0.2, 0) is 11.8 Å². The van der Waals surface area contributed by atoms with Gasteiger partial charge in [0.15, 0.2) is 0 Å². The fourth-order valence-corrected chi connectivity index (χ4v) is 4.35. The lowest BCUT2D eigenvalue weighted by molar-refractivity contribution is 0.592. The molecule has 0 spiro atoms. The molecule has 0 atom stereocenters. The van der Waals surface area contributed by atoms with Crippen LogP contribution in [0.1, 0.15) is 59.6 Å². The van der Waals surface area contributed by atoms with Crippen molar-refractivity contribution in [1.29, 1.82) is 0 Å². The predicted octanol–water partition coefficient (Wildman–Crippen LogP) is 10.6. The monoisotopic (exact) mass is 482 g/mol. The molecule has 0 bridgehead atoms. The van der Waals surface area contributed by atoms with Crippen molar-refractivity contribution in [2.45, 2.75) is 60.3 Å². The summed E-state index contributed by atoms with van der Waals surface area (Å²) in [6.07, 6.45) is 1.05. The van der Waals surface area contributed by atoms with Crippen molar-refractivity contribution in [3.8, 4) is 10.4 Å². The van der Waals surface area contributed by atoms with Crippen molar-refractivity contribution < 1.29 is 0 Å². The number of hydrogen-bond acceptors (Lipinski definition) is 1. The van der Waals surface area contributed by atoms with Gasteiger partial charge >= 0.3 is 0 Å². The highest BCUT2D eigenvalue weighted by molar-refractivity contribution is 7.19. The Bertz CT molecular complexity index is 905. The van der Waals surface area contributed by atoms with E-state index in [9.17, 15) is 0 Å². The average molecular weight is 484 g/mol. The third-order valence-corrected chi connectivity index (χ3v) is 6.21. The lowest BCUT2D eigenvalue weighted by atomic mass is 9.83. The smallest absolute Gasteiger partial charge is 0.0934 e. The van der Waals surface area contributed by atoms with E-state index in [-0.39, 0.29) is 5.41 Å². The summed E-state index contributed by atoms with van der Waals surface area (Å²) >= 11 is 19.3. The number of thiophene rings is 1. The van der Waals surface area contributed by atoms with Crippen molar-refractivity contribution in [3.05, 3.63) is 80.1 Å². The van der Waals surface area contributed by atoms with Crippen LogP contribution in [0.2, 0.25) is 14.4 Å². The van der Waals surface area contributed by atoms with Crippen molar-refractivity contribution in [2.75, 3.05) is 0 Å². The zero-order chi connectivity index (χ0) is 22.9. The fourth-order valence-electron chi connectivity index (χ4n) is 2.95. The molecule has 0 N–H and O–H groups in total. The minimum atomic E-state index is 0.160. The molecule has 0 radical (unpaired) electrons. The van der Waals surface area contributed by atoms with Gasteiger partial charge in [0.05, 0.1) is 14.4 Å². The topological polar surface area (TPSA) is 0 Å². The van der Waals surface area contributed by atoms with Crippen molar-refractivity contribution in [1.82, 2.24) is 0 Å². The van der Waals surface area contributed by atoms with Gasteiger partial charge in [-0.3, -0.25) is 0 Å². The van der Waals surface area contributed by atoms with Crippen LogP contribution in [0.5, 0.6) is 0 Å². The van der Waals surface area contributed by atoms with Crippen LogP contribution in [0.4, 0.5) is 0 Å². The van der Waals surface area contributed by atoms with E-state index in [0.717, 1.165) is 10.8 Å². The van der Waals surface area contributed by atoms with Gasteiger partial charge in [-0.05, 0) is 58.7 Å². The van der Waals surface area contributed by atoms with E-state index in [1.165, 1.54) is 21.6 Å². The maximum Gasteiger partial charge on any atom is 0.0934 e. The maximum atomic E-state index is 6.00. The zero-order valence-electron chi connectivity index (χ0n) is 19.0. The first kappa shape index (κ1) is 27.0. The summed E-state index contributed by atoms with van der Waals surface area (Å²) in [5.41, 5.74) is 4.08. The van der Waals surface area contributed by atoms with Gasteiger partial charge in [0.2, 0.25) is 0 Å². The molecule has 0 aliphatic rings. The van der Waals surface area contributed by atoms with Crippen LogP contribution in [0.3, 0.4) is 0 Å². The van der Waals surface area contributed by atoms with E-state index in [1.54, 1.807) is 11.3 Å². The molecular weight excluding hydrogens is 451 g/mol. The normalized spacial score (nSPS) is 10.8. The van der Waals surface area contributed by atoms with Gasteiger partial charge in [0.1, 0.15) is 0 Å². The van der Waals surface area contributed by atoms with Crippen LogP contribution < -0.4 is 0 Å². The molecule has 0 unspecified atom stereocenters. The fraction of sp³-hybridized carbons (Fsp3) is 0.385. The largest absolute Gasteiger partial charge is 0.123 e. The first-order chi connectivity index (χ1) is 14.1. The highest BCUT2D eigenvalue weighted by Gasteiger charge is 2.18. The quantitative estimate of drug-likeness (QED) is 0.347. The highest BCUT2D eigenvalue weighted by atomic mass is 35.5. The molecule has 0 saturated carbocycles. The molecule has 0 saturated heterocycles. The molecule has 0 amide bonds. The summed E-state index contributed by atoms with van der Waals surface area (Å²) in [4.78, 5) is 1.25. The van der Waals surface area contributed by atoms with E-state index >= 15 is 0 Å². The second kappa shape index (κ2) is 12.8. The van der Waals surface area contributed by atoms with Crippen molar-refractivity contribution in [2.24, 2.45) is 5.92 Å². The molecule has 0 nitrogen and oxygen atoms in total. The van der Waals surface area contributed by atoms with E-state index < -0.39 is 0 Å². The number of benzene rings is 2. The third kappa shape index (κ3) is 8.63. The Balaban J connectivity index is 0.000000287. The second-order valence-electron chi connectivity index (χ2n) is 8.25. The minimum Gasteiger partial charge on any atom is -0.123 e. The van der Waals surface area contributed by atoms with Crippen LogP contribution in [0.15, 0.2) is 54.6 Å². The molecule has 4 heteroatoms. The molecule has 0 aliphatic carbocycles. The standard InChI is InChI=1S/C14H15ClS.C10H12Cl2.C2H6/c1-14(2,3)11-7-5-4-6-10(11)12-8-9-13(15)16-12;1-7(2)5-8-3-4-9(11)10(12)6-8;1-2/h4-9H,1-3H3;3-4,6-7H,5H2,1-2H3;1-2H3. The van der Waals surface area contributed by atoms with E-state index in [4.69, 9.17) is 34.8 Å². The first-order valence-electron chi connectivity index (χ1n) is 10.4. The van der Waals surface area contributed by atoms with Crippen LogP contribution >= 0.6 is 46.1 Å². The molecule has 0 fully saturated rings. The van der Waals surface area contributed by atoms with Gasteiger partial charge in [-0.15, -0.1) is 11.3 Å². The van der Waals surface area contributed by atoms with Crippen LogP contribution in [0.25, 0.3) is 10.4 Å². The van der Waals surface area contributed by atoms with Gasteiger partial charge in [-0.25, -0.2) is 0 Å². The minimum absolute atomic E-state index is 0.160. The van der Waals surface area contributed by atoms with Gasteiger partial charge < -0.3 is 0 Å². The summed E-state index contributed by atoms with van der Waals surface area (Å²) in [6.45, 7) is 15.1. The SMILES string of the molecule is CC.CC(C)(C)c1ccccc1-c1ccc(Cl)s1.CC(C)Cc1ccc(Cl)c(Cl)c1. The Morgan fingerprint density at radius 1 is 0.833 bits per heavy atom. The summed E-state index contributed by atoms with van der Waals surface area (Å²) in [5.74, 6) is 0.655. The van der Waals surface area contributed by atoms with Crippen LogP contribution in [-0.4, -0.2) is 0 Å². The Labute approximate surface area is 202 Å². The molecule has 1 heterocycles. The molecule has 0 aliphatic heterocycles. The van der Waals surface area contributed by atoms with Gasteiger partial charge in [-0.1, -0.05) is 114 Å². The third-order valence-electron chi connectivity index (χ3n) is 4.20. The highest BCUT2D eigenvalue weighted by Crippen LogP contribution is 2.37. The van der Waals surface area contributed by atoms with Crippen molar-refractivity contribution >= 4 is 46.1 Å². The second-order valence-corrected chi connectivity index (χ2v) is 10.8. The number of halogens is 3. The van der Waals surface area contributed by atoms with Crippen molar-refractivity contribution in [3.63, 3.8) is 0 Å². The number of rotatable bonds is 3. The average Bonchev–Trinajstić information content (AvgIpc) is 3.12. The Hall–Kier alpha value is -0.990. The van der Waals surface area contributed by atoms with Gasteiger partial charge in [0.25, 0.3) is 0 Å². The molecular formula is C26H33Cl3S. The summed E-state index contributed by atoms with van der Waals surface area (Å²) in [7, 11) is 0. The number of hydrogen-bond donors (Lipinski definition) is 0. The van der Waals surface area contributed by atoms with Gasteiger partial charge in [0, 0.05) is 4.88 Å². The maximum absolute atomic E-state index is 6.00. The van der Waals surface area contributed by atoms with E-state index in [0.29, 0.717) is 16.0 Å². The molecule has 3 aromatic rings. The Kier molecular flexibility index (Phi) is 11.5.